The van der Waals surface area contributed by atoms with E-state index in [1.54, 1.807) is 38.1 Å². The number of nitrogens with two attached hydrogens (primary N) is 1. The van der Waals surface area contributed by atoms with Gasteiger partial charge in [-0.3, -0.25) is 4.57 Å². The van der Waals surface area contributed by atoms with Crippen LogP contribution in [0.25, 0.3) is 0 Å². The van der Waals surface area contributed by atoms with Gasteiger partial charge in [0.1, 0.15) is 11.9 Å². The van der Waals surface area contributed by atoms with Gasteiger partial charge in [0.25, 0.3) is 0 Å². The maximum atomic E-state index is 12.4. The molecule has 1 aromatic rings. The number of rotatable bonds is 7. The van der Waals surface area contributed by atoms with Crippen molar-refractivity contribution in [2.75, 3.05) is 13.2 Å². The van der Waals surface area contributed by atoms with Gasteiger partial charge in [-0.2, -0.15) is 0 Å². The lowest BCUT2D eigenvalue weighted by Crippen LogP contribution is -2.30. The largest absolute Gasteiger partial charge is 0.386 e. The van der Waals surface area contributed by atoms with Gasteiger partial charge in [0.05, 0.1) is 13.2 Å². The highest BCUT2D eigenvalue weighted by Gasteiger charge is 2.38. The minimum absolute atomic E-state index is 0.215. The Morgan fingerprint density at radius 3 is 2.17 bits per heavy atom. The molecule has 102 valence electrons. The van der Waals surface area contributed by atoms with Crippen molar-refractivity contribution in [2.45, 2.75) is 25.7 Å². The molecule has 1 rings (SSSR count). The second kappa shape index (κ2) is 7.02. The third-order valence-corrected chi connectivity index (χ3v) is 4.70. The van der Waals surface area contributed by atoms with Gasteiger partial charge in [-0.25, -0.2) is 0 Å². The number of hydrogen-bond donors (Lipinski definition) is 2. The first-order valence-electron chi connectivity index (χ1n) is 5.92. The molecule has 0 spiro atoms. The van der Waals surface area contributed by atoms with Crippen LogP contribution in [-0.4, -0.2) is 24.1 Å². The molecule has 0 amide bonds. The highest BCUT2D eigenvalue weighted by Crippen LogP contribution is 2.54. The molecule has 0 bridgehead atoms. The number of hydrogen-bond acceptors (Lipinski definition) is 5. The zero-order valence-electron chi connectivity index (χ0n) is 10.7. The zero-order valence-corrected chi connectivity index (χ0v) is 11.5. The van der Waals surface area contributed by atoms with Crippen LogP contribution in [0.3, 0.4) is 0 Å². The minimum Gasteiger partial charge on any atom is -0.386 e. The van der Waals surface area contributed by atoms with E-state index in [-0.39, 0.29) is 13.2 Å². The van der Waals surface area contributed by atoms with Crippen molar-refractivity contribution < 1.29 is 18.7 Å². The summed E-state index contributed by atoms with van der Waals surface area (Å²) in [6, 6.07) is 8.81. The second-order valence-electron chi connectivity index (χ2n) is 3.72. The molecule has 0 aliphatic rings. The van der Waals surface area contributed by atoms with E-state index in [0.29, 0.717) is 5.56 Å². The van der Waals surface area contributed by atoms with Gasteiger partial charge in [-0.1, -0.05) is 30.3 Å². The van der Waals surface area contributed by atoms with Crippen molar-refractivity contribution in [2.24, 2.45) is 5.73 Å². The lowest BCUT2D eigenvalue weighted by Gasteiger charge is -2.26. The molecule has 5 nitrogen and oxygen atoms in total. The van der Waals surface area contributed by atoms with Crippen molar-refractivity contribution in [3.8, 4) is 0 Å². The van der Waals surface area contributed by atoms with Gasteiger partial charge in [0, 0.05) is 0 Å². The summed E-state index contributed by atoms with van der Waals surface area (Å²) in [4.78, 5) is 0. The highest BCUT2D eigenvalue weighted by atomic mass is 31.2. The van der Waals surface area contributed by atoms with Gasteiger partial charge in [-0.15, -0.1) is 0 Å². The Balaban J connectivity index is 2.89. The molecular formula is C12H20NO4P. The minimum atomic E-state index is -3.50. The Bertz CT molecular complexity index is 388. The Morgan fingerprint density at radius 2 is 1.72 bits per heavy atom. The maximum Gasteiger partial charge on any atom is 0.350 e. The van der Waals surface area contributed by atoms with Crippen molar-refractivity contribution in [1.82, 2.24) is 0 Å². The molecule has 1 aromatic carbocycles. The molecule has 3 N–H and O–H groups in total. The topological polar surface area (TPSA) is 81.8 Å². The quantitative estimate of drug-likeness (QED) is 0.745. The Hall–Kier alpha value is -0.710. The summed E-state index contributed by atoms with van der Waals surface area (Å²) in [5.41, 5.74) is 6.42. The van der Waals surface area contributed by atoms with Crippen LogP contribution in [0.1, 0.15) is 25.5 Å². The van der Waals surface area contributed by atoms with Gasteiger partial charge in [0.15, 0.2) is 0 Å². The molecule has 0 aliphatic heterocycles. The summed E-state index contributed by atoms with van der Waals surface area (Å²) in [5, 5.41) is 10.1. The Kier molecular flexibility index (Phi) is 5.99. The molecule has 0 saturated carbocycles. The summed E-state index contributed by atoms with van der Waals surface area (Å²) in [7, 11) is -3.50. The molecule has 0 heterocycles. The van der Waals surface area contributed by atoms with Gasteiger partial charge in [0.2, 0.25) is 0 Å². The molecular weight excluding hydrogens is 253 g/mol. The molecule has 0 saturated heterocycles. The average Bonchev–Trinajstić information content (AvgIpc) is 2.38. The first-order valence-corrected chi connectivity index (χ1v) is 7.53. The third kappa shape index (κ3) is 3.64. The number of aliphatic hydroxyl groups is 1. The summed E-state index contributed by atoms with van der Waals surface area (Å²) in [5.74, 6) is -1.10. The van der Waals surface area contributed by atoms with Crippen LogP contribution in [0.5, 0.6) is 0 Å². The lowest BCUT2D eigenvalue weighted by atomic mass is 10.1. The fourth-order valence-electron chi connectivity index (χ4n) is 1.59. The van der Waals surface area contributed by atoms with E-state index in [2.05, 4.69) is 0 Å². The molecule has 6 heteroatoms. The fourth-order valence-corrected chi connectivity index (χ4v) is 3.25. The van der Waals surface area contributed by atoms with E-state index in [9.17, 15) is 9.67 Å². The lowest BCUT2D eigenvalue weighted by molar-refractivity contribution is 0.140. The fraction of sp³-hybridized carbons (Fsp3) is 0.500. The average molecular weight is 273 g/mol. The predicted octanol–water partition coefficient (Wildman–Crippen LogP) is 2.27. The van der Waals surface area contributed by atoms with Crippen LogP contribution in [-0.2, 0) is 13.6 Å². The van der Waals surface area contributed by atoms with Crippen molar-refractivity contribution in [3.63, 3.8) is 0 Å². The first-order chi connectivity index (χ1) is 8.55. The zero-order chi connectivity index (χ0) is 13.6. The van der Waals surface area contributed by atoms with Crippen LogP contribution >= 0.6 is 7.60 Å². The molecule has 0 aliphatic carbocycles. The third-order valence-electron chi connectivity index (χ3n) is 2.45. The Labute approximate surface area is 107 Å². The standard InChI is InChI=1S/C12H20NO4P/c1-3-16-18(15,17-4-2)12(13)11(14)10-8-6-5-7-9-10/h5-9,11-12,14H,3-4,13H2,1-2H3/t11-,12+/m1/s1. The smallest absolute Gasteiger partial charge is 0.350 e. The molecule has 18 heavy (non-hydrogen) atoms. The summed E-state index contributed by atoms with van der Waals surface area (Å²) in [6.45, 7) is 3.83. The first kappa shape index (κ1) is 15.3. The number of benzene rings is 1. The van der Waals surface area contributed by atoms with Gasteiger partial charge >= 0.3 is 7.60 Å². The molecule has 0 radical (unpaired) electrons. The van der Waals surface area contributed by atoms with Crippen LogP contribution in [0.2, 0.25) is 0 Å². The van der Waals surface area contributed by atoms with Crippen LogP contribution in [0, 0.1) is 0 Å². The number of aliphatic hydroxyl groups excluding tert-OH is 1. The Morgan fingerprint density at radius 1 is 1.22 bits per heavy atom. The van der Waals surface area contributed by atoms with Crippen LogP contribution in [0.15, 0.2) is 30.3 Å². The van der Waals surface area contributed by atoms with Crippen molar-refractivity contribution >= 4 is 7.60 Å². The van der Waals surface area contributed by atoms with E-state index in [1.165, 1.54) is 0 Å². The highest BCUT2D eigenvalue weighted by molar-refractivity contribution is 7.54. The normalized spacial score (nSPS) is 15.3. The second-order valence-corrected chi connectivity index (χ2v) is 5.91. The van der Waals surface area contributed by atoms with E-state index in [0.717, 1.165) is 0 Å². The van der Waals surface area contributed by atoms with E-state index >= 15 is 0 Å². The van der Waals surface area contributed by atoms with E-state index < -0.39 is 19.5 Å². The van der Waals surface area contributed by atoms with Crippen molar-refractivity contribution in [3.05, 3.63) is 35.9 Å². The maximum absolute atomic E-state index is 12.4. The van der Waals surface area contributed by atoms with Crippen LogP contribution < -0.4 is 5.73 Å². The summed E-state index contributed by atoms with van der Waals surface area (Å²) in [6.07, 6.45) is -1.09. The van der Waals surface area contributed by atoms with Gasteiger partial charge < -0.3 is 19.9 Å². The van der Waals surface area contributed by atoms with E-state index in [1.807, 2.05) is 6.07 Å². The summed E-state index contributed by atoms with van der Waals surface area (Å²) < 4.78 is 22.6. The predicted molar refractivity (Wildman–Crippen MR) is 70.2 cm³/mol. The van der Waals surface area contributed by atoms with Crippen LogP contribution in [0.4, 0.5) is 0 Å². The van der Waals surface area contributed by atoms with Gasteiger partial charge in [-0.05, 0) is 19.4 Å². The van der Waals surface area contributed by atoms with E-state index in [4.69, 9.17) is 14.8 Å². The molecule has 0 fully saturated rings. The molecule has 0 unspecified atom stereocenters. The summed E-state index contributed by atoms with van der Waals surface area (Å²) >= 11 is 0. The molecule has 0 aromatic heterocycles. The van der Waals surface area contributed by atoms with Crippen molar-refractivity contribution in [1.29, 1.82) is 0 Å². The SMILES string of the molecule is CCOP(=O)(OCC)[C@H](N)[C@H](O)c1ccccc1. The molecule has 2 atom stereocenters. The monoisotopic (exact) mass is 273 g/mol.